The van der Waals surface area contributed by atoms with Gasteiger partial charge in [-0.05, 0) is 48.7 Å². The number of hydrogen-bond acceptors (Lipinski definition) is 2. The summed E-state index contributed by atoms with van der Waals surface area (Å²) in [4.78, 5) is 0. The average molecular weight is 370 g/mol. The summed E-state index contributed by atoms with van der Waals surface area (Å²) < 4.78 is 7.63. The van der Waals surface area contributed by atoms with Crippen LogP contribution in [0.25, 0.3) is 0 Å². The summed E-state index contributed by atoms with van der Waals surface area (Å²) in [6.45, 7) is 14.6. The Labute approximate surface area is 138 Å². The van der Waals surface area contributed by atoms with E-state index in [9.17, 15) is 0 Å². The SMILES string of the molecule is C[C@@H]1NC(CO[Si](C)(C)C(C)(C)C)Cc2c(Br)cccc21. The molecule has 1 aliphatic heterocycles. The summed E-state index contributed by atoms with van der Waals surface area (Å²) in [6, 6.07) is 7.28. The van der Waals surface area contributed by atoms with Gasteiger partial charge < -0.3 is 9.74 Å². The highest BCUT2D eigenvalue weighted by molar-refractivity contribution is 9.10. The Kier molecular flexibility index (Phi) is 5.03. The van der Waals surface area contributed by atoms with Gasteiger partial charge >= 0.3 is 0 Å². The maximum absolute atomic E-state index is 6.40. The molecule has 0 spiro atoms. The Balaban J connectivity index is 2.07. The van der Waals surface area contributed by atoms with E-state index in [-0.39, 0.29) is 5.04 Å². The average Bonchev–Trinajstić information content (AvgIpc) is 2.36. The summed E-state index contributed by atoms with van der Waals surface area (Å²) in [6.07, 6.45) is 1.04. The van der Waals surface area contributed by atoms with Gasteiger partial charge in [-0.3, -0.25) is 0 Å². The first-order chi connectivity index (χ1) is 9.62. The number of rotatable bonds is 3. The van der Waals surface area contributed by atoms with Gasteiger partial charge in [-0.25, -0.2) is 0 Å². The van der Waals surface area contributed by atoms with E-state index < -0.39 is 8.32 Å². The Morgan fingerprint density at radius 3 is 2.62 bits per heavy atom. The Bertz CT molecular complexity index is 510. The molecule has 0 saturated carbocycles. The van der Waals surface area contributed by atoms with Crippen molar-refractivity contribution in [3.05, 3.63) is 33.8 Å². The van der Waals surface area contributed by atoms with Gasteiger partial charge in [0.15, 0.2) is 8.32 Å². The third kappa shape index (κ3) is 3.78. The molecule has 2 atom stereocenters. The van der Waals surface area contributed by atoms with Gasteiger partial charge in [0.1, 0.15) is 0 Å². The molecule has 1 aliphatic rings. The van der Waals surface area contributed by atoms with Crippen LogP contribution in [0.3, 0.4) is 0 Å². The maximum atomic E-state index is 6.40. The third-order valence-corrected chi connectivity index (χ3v) is 10.3. The monoisotopic (exact) mass is 369 g/mol. The molecule has 0 bridgehead atoms. The Morgan fingerprint density at radius 2 is 2.00 bits per heavy atom. The molecule has 1 unspecified atom stereocenters. The molecule has 0 fully saturated rings. The lowest BCUT2D eigenvalue weighted by Gasteiger charge is -2.39. The van der Waals surface area contributed by atoms with Gasteiger partial charge in [-0.1, -0.05) is 48.8 Å². The minimum Gasteiger partial charge on any atom is -0.415 e. The van der Waals surface area contributed by atoms with E-state index in [2.05, 4.69) is 80.2 Å². The molecular formula is C17H28BrNOSi. The van der Waals surface area contributed by atoms with Crippen LogP contribution >= 0.6 is 15.9 Å². The van der Waals surface area contributed by atoms with Gasteiger partial charge in [-0.15, -0.1) is 0 Å². The molecule has 1 aromatic carbocycles. The molecular weight excluding hydrogens is 342 g/mol. The van der Waals surface area contributed by atoms with Crippen LogP contribution in [0.2, 0.25) is 18.1 Å². The lowest BCUT2D eigenvalue weighted by atomic mass is 9.91. The van der Waals surface area contributed by atoms with Crippen molar-refractivity contribution >= 4 is 24.2 Å². The zero-order valence-corrected chi connectivity index (χ0v) is 16.7. The molecule has 2 rings (SSSR count). The smallest absolute Gasteiger partial charge is 0.192 e. The number of nitrogens with one attached hydrogen (secondary N) is 1. The Hall–Kier alpha value is -0.163. The zero-order valence-electron chi connectivity index (χ0n) is 14.1. The summed E-state index contributed by atoms with van der Waals surface area (Å²) in [5, 5.41) is 3.97. The highest BCUT2D eigenvalue weighted by Gasteiger charge is 2.38. The molecule has 0 saturated heterocycles. The molecule has 0 aliphatic carbocycles. The van der Waals surface area contributed by atoms with Crippen LogP contribution in [0.1, 0.15) is 44.9 Å². The quantitative estimate of drug-likeness (QED) is 0.752. The fourth-order valence-corrected chi connectivity index (χ4v) is 4.17. The molecule has 4 heteroatoms. The summed E-state index contributed by atoms with van der Waals surface area (Å²) in [7, 11) is -1.67. The van der Waals surface area contributed by atoms with Crippen LogP contribution < -0.4 is 5.32 Å². The first-order valence-electron chi connectivity index (χ1n) is 7.79. The standard InChI is InChI=1S/C17H28BrNOSi/c1-12-14-8-7-9-16(18)15(14)10-13(19-12)11-20-21(5,6)17(2,3)4/h7-9,12-13,19H,10-11H2,1-6H3/t12-,13?/m0/s1. The van der Waals surface area contributed by atoms with E-state index in [0.29, 0.717) is 12.1 Å². The van der Waals surface area contributed by atoms with Crippen LogP contribution in [0.15, 0.2) is 22.7 Å². The second-order valence-corrected chi connectivity index (χ2v) is 13.3. The highest BCUT2D eigenvalue weighted by atomic mass is 79.9. The van der Waals surface area contributed by atoms with Crippen LogP contribution in [0, 0.1) is 0 Å². The first-order valence-corrected chi connectivity index (χ1v) is 11.5. The molecule has 118 valence electrons. The number of fused-ring (bicyclic) bond motifs is 1. The summed E-state index contributed by atoms with van der Waals surface area (Å²) in [5.41, 5.74) is 2.85. The second-order valence-electron chi connectivity index (χ2n) is 7.67. The molecule has 0 radical (unpaired) electrons. The van der Waals surface area contributed by atoms with Gasteiger partial charge in [0.25, 0.3) is 0 Å². The van der Waals surface area contributed by atoms with Crippen LogP contribution in [0.4, 0.5) is 0 Å². The number of benzene rings is 1. The van der Waals surface area contributed by atoms with Gasteiger partial charge in [0.05, 0.1) is 0 Å². The molecule has 1 heterocycles. The van der Waals surface area contributed by atoms with Crippen molar-refractivity contribution in [1.29, 1.82) is 0 Å². The van der Waals surface area contributed by atoms with Crippen molar-refractivity contribution in [2.45, 2.75) is 64.3 Å². The minimum atomic E-state index is -1.67. The third-order valence-electron chi connectivity index (χ3n) is 5.01. The van der Waals surface area contributed by atoms with Crippen LogP contribution in [-0.2, 0) is 10.8 Å². The van der Waals surface area contributed by atoms with Crippen molar-refractivity contribution in [3.63, 3.8) is 0 Å². The molecule has 1 N–H and O–H groups in total. The van der Waals surface area contributed by atoms with E-state index in [1.165, 1.54) is 15.6 Å². The van der Waals surface area contributed by atoms with E-state index in [1.807, 2.05) is 0 Å². The topological polar surface area (TPSA) is 21.3 Å². The van der Waals surface area contributed by atoms with E-state index in [1.54, 1.807) is 0 Å². The van der Waals surface area contributed by atoms with E-state index in [0.717, 1.165) is 13.0 Å². The van der Waals surface area contributed by atoms with Crippen molar-refractivity contribution in [2.75, 3.05) is 6.61 Å². The molecule has 21 heavy (non-hydrogen) atoms. The van der Waals surface area contributed by atoms with E-state index >= 15 is 0 Å². The fourth-order valence-electron chi connectivity index (χ4n) is 2.58. The largest absolute Gasteiger partial charge is 0.415 e. The first kappa shape index (κ1) is 17.2. The van der Waals surface area contributed by atoms with Gasteiger partial charge in [0, 0.05) is 23.2 Å². The lowest BCUT2D eigenvalue weighted by Crippen LogP contribution is -2.47. The molecule has 2 nitrogen and oxygen atoms in total. The van der Waals surface area contributed by atoms with Crippen LogP contribution in [-0.4, -0.2) is 21.0 Å². The molecule has 1 aromatic rings. The van der Waals surface area contributed by atoms with E-state index in [4.69, 9.17) is 4.43 Å². The highest BCUT2D eigenvalue weighted by Crippen LogP contribution is 2.37. The normalized spacial score (nSPS) is 23.0. The predicted octanol–water partition coefficient (Wildman–Crippen LogP) is 5.05. The van der Waals surface area contributed by atoms with Crippen molar-refractivity contribution < 1.29 is 4.43 Å². The number of halogens is 1. The second kappa shape index (κ2) is 6.15. The molecule has 0 amide bonds. The lowest BCUT2D eigenvalue weighted by molar-refractivity contribution is 0.226. The van der Waals surface area contributed by atoms with Gasteiger partial charge in [0.2, 0.25) is 0 Å². The summed E-state index contributed by atoms with van der Waals surface area (Å²) >= 11 is 3.70. The zero-order chi connectivity index (χ0) is 15.8. The van der Waals surface area contributed by atoms with Crippen molar-refractivity contribution in [2.24, 2.45) is 0 Å². The van der Waals surface area contributed by atoms with Gasteiger partial charge in [-0.2, -0.15) is 0 Å². The fraction of sp³-hybridized carbons (Fsp3) is 0.647. The maximum Gasteiger partial charge on any atom is 0.192 e. The summed E-state index contributed by atoms with van der Waals surface area (Å²) in [5.74, 6) is 0. The number of hydrogen-bond donors (Lipinski definition) is 1. The predicted molar refractivity (Wildman–Crippen MR) is 96.3 cm³/mol. The van der Waals surface area contributed by atoms with Crippen LogP contribution in [0.5, 0.6) is 0 Å². The Morgan fingerprint density at radius 1 is 1.33 bits per heavy atom. The molecule has 0 aromatic heterocycles. The minimum absolute atomic E-state index is 0.270. The van der Waals surface area contributed by atoms with Crippen molar-refractivity contribution in [1.82, 2.24) is 5.32 Å². The van der Waals surface area contributed by atoms with Crippen molar-refractivity contribution in [3.8, 4) is 0 Å².